The van der Waals surface area contributed by atoms with Crippen molar-refractivity contribution in [3.05, 3.63) is 89.0 Å². The average Bonchev–Trinajstić information content (AvgIpc) is 2.79. The summed E-state index contributed by atoms with van der Waals surface area (Å²) < 4.78 is 33.1. The molecule has 8 heteroatoms. The third-order valence-electron chi connectivity index (χ3n) is 5.21. The number of esters is 1. The molecule has 0 aliphatic rings. The average molecular weight is 481 g/mol. The molecule has 0 bridgehead atoms. The molecule has 0 fully saturated rings. The zero-order valence-corrected chi connectivity index (χ0v) is 20.5. The van der Waals surface area contributed by atoms with Crippen LogP contribution in [0.5, 0.6) is 0 Å². The molecule has 1 N–H and O–H groups in total. The fourth-order valence-corrected chi connectivity index (χ4v) is 4.77. The minimum atomic E-state index is -4.02. The molecule has 1 amide bonds. The van der Waals surface area contributed by atoms with Gasteiger partial charge in [0.2, 0.25) is 5.91 Å². The minimum Gasteiger partial charge on any atom is -0.462 e. The first-order valence-electron chi connectivity index (χ1n) is 10.9. The molecule has 0 radical (unpaired) electrons. The number of ether oxygens (including phenoxy) is 1. The summed E-state index contributed by atoms with van der Waals surface area (Å²) in [6.07, 6.45) is 0. The highest BCUT2D eigenvalue weighted by Crippen LogP contribution is 2.25. The Kier molecular flexibility index (Phi) is 7.73. The molecule has 0 aromatic heterocycles. The van der Waals surface area contributed by atoms with Crippen molar-refractivity contribution in [3.8, 4) is 0 Å². The summed E-state index contributed by atoms with van der Waals surface area (Å²) in [5, 5.41) is 2.74. The summed E-state index contributed by atoms with van der Waals surface area (Å²) in [6.45, 7) is 7.01. The van der Waals surface area contributed by atoms with Gasteiger partial charge in [-0.15, -0.1) is 0 Å². The van der Waals surface area contributed by atoms with Crippen molar-refractivity contribution in [2.24, 2.45) is 0 Å². The first-order valence-corrected chi connectivity index (χ1v) is 12.3. The van der Waals surface area contributed by atoms with Gasteiger partial charge in [-0.05, 0) is 75.2 Å². The fourth-order valence-electron chi connectivity index (χ4n) is 3.35. The molecule has 7 nitrogen and oxygen atoms in total. The number of nitrogens with zero attached hydrogens (tertiary/aromatic N) is 1. The molecule has 3 aromatic rings. The van der Waals surface area contributed by atoms with Gasteiger partial charge >= 0.3 is 5.97 Å². The van der Waals surface area contributed by atoms with Crippen LogP contribution in [0, 0.1) is 20.8 Å². The zero-order valence-electron chi connectivity index (χ0n) is 19.7. The maximum Gasteiger partial charge on any atom is 0.338 e. The van der Waals surface area contributed by atoms with Gasteiger partial charge in [0.05, 0.1) is 22.8 Å². The van der Waals surface area contributed by atoms with Gasteiger partial charge in [-0.2, -0.15) is 0 Å². The van der Waals surface area contributed by atoms with E-state index in [1.54, 1.807) is 56.3 Å². The molecule has 0 aliphatic carbocycles. The van der Waals surface area contributed by atoms with Gasteiger partial charge in [-0.25, -0.2) is 13.2 Å². The van der Waals surface area contributed by atoms with Crippen LogP contribution in [0.4, 0.5) is 11.4 Å². The number of hydrogen-bond acceptors (Lipinski definition) is 5. The topological polar surface area (TPSA) is 92.8 Å². The lowest BCUT2D eigenvalue weighted by Crippen LogP contribution is -2.38. The molecule has 0 saturated heterocycles. The molecule has 0 saturated carbocycles. The smallest absolute Gasteiger partial charge is 0.338 e. The second kappa shape index (κ2) is 10.5. The number of rotatable bonds is 8. The molecular weight excluding hydrogens is 452 g/mol. The van der Waals surface area contributed by atoms with Gasteiger partial charge in [-0.1, -0.05) is 35.9 Å². The lowest BCUT2D eigenvalue weighted by atomic mass is 10.1. The molecule has 178 valence electrons. The number of aryl methyl sites for hydroxylation is 3. The summed E-state index contributed by atoms with van der Waals surface area (Å²) in [6, 6.07) is 18.3. The Morgan fingerprint density at radius 1 is 0.912 bits per heavy atom. The summed E-state index contributed by atoms with van der Waals surface area (Å²) >= 11 is 0. The van der Waals surface area contributed by atoms with E-state index in [0.29, 0.717) is 16.9 Å². The van der Waals surface area contributed by atoms with E-state index >= 15 is 0 Å². The maximum absolute atomic E-state index is 13.5. The van der Waals surface area contributed by atoms with Gasteiger partial charge in [-0.3, -0.25) is 9.10 Å². The number of hydrogen-bond donors (Lipinski definition) is 1. The van der Waals surface area contributed by atoms with E-state index in [0.717, 1.165) is 21.0 Å². The fraction of sp³-hybridized carbons (Fsp3) is 0.231. The summed E-state index contributed by atoms with van der Waals surface area (Å²) in [7, 11) is -4.02. The van der Waals surface area contributed by atoms with Crippen molar-refractivity contribution in [1.29, 1.82) is 0 Å². The van der Waals surface area contributed by atoms with Crippen LogP contribution in [0.1, 0.15) is 34.0 Å². The van der Waals surface area contributed by atoms with Crippen LogP contribution < -0.4 is 9.62 Å². The van der Waals surface area contributed by atoms with Crippen molar-refractivity contribution in [3.63, 3.8) is 0 Å². The summed E-state index contributed by atoms with van der Waals surface area (Å²) in [4.78, 5) is 25.2. The number of sulfonamides is 1. The predicted molar refractivity (Wildman–Crippen MR) is 133 cm³/mol. The molecule has 0 atom stereocenters. The van der Waals surface area contributed by atoms with E-state index in [4.69, 9.17) is 4.74 Å². The first-order chi connectivity index (χ1) is 16.1. The largest absolute Gasteiger partial charge is 0.462 e. The molecule has 0 heterocycles. The number of benzene rings is 3. The highest BCUT2D eigenvalue weighted by molar-refractivity contribution is 7.92. The van der Waals surface area contributed by atoms with E-state index < -0.39 is 28.4 Å². The Morgan fingerprint density at radius 2 is 1.62 bits per heavy atom. The minimum absolute atomic E-state index is 0.0906. The SMILES string of the molecule is CCOC(=O)c1ccc(C)c(NC(=O)CN(c2cccc(C)c2)S(=O)(=O)c2ccc(C)cc2)c1. The van der Waals surface area contributed by atoms with Gasteiger partial charge in [0.15, 0.2) is 0 Å². The Labute approximate surface area is 200 Å². The first kappa shape index (κ1) is 25.0. The second-order valence-electron chi connectivity index (χ2n) is 7.96. The Bertz CT molecular complexity index is 1300. The van der Waals surface area contributed by atoms with E-state index in [1.807, 2.05) is 19.9 Å². The van der Waals surface area contributed by atoms with Crippen LogP contribution in [0.15, 0.2) is 71.6 Å². The number of nitrogens with one attached hydrogen (secondary N) is 1. The van der Waals surface area contributed by atoms with Crippen LogP contribution in [-0.2, 0) is 19.6 Å². The molecule has 0 spiro atoms. The molecule has 0 aliphatic heterocycles. The Balaban J connectivity index is 1.93. The van der Waals surface area contributed by atoms with Crippen molar-refractivity contribution < 1.29 is 22.7 Å². The molecule has 0 unspecified atom stereocenters. The quantitative estimate of drug-likeness (QED) is 0.475. The number of amides is 1. The van der Waals surface area contributed by atoms with E-state index in [1.165, 1.54) is 18.2 Å². The highest BCUT2D eigenvalue weighted by Gasteiger charge is 2.27. The summed E-state index contributed by atoms with van der Waals surface area (Å²) in [5.74, 6) is -1.04. The molecule has 3 aromatic carbocycles. The van der Waals surface area contributed by atoms with Crippen LogP contribution in [0.2, 0.25) is 0 Å². The number of carbonyl (C=O) groups is 2. The van der Waals surface area contributed by atoms with Crippen molar-refractivity contribution in [2.75, 3.05) is 22.8 Å². The van der Waals surface area contributed by atoms with Gasteiger partial charge < -0.3 is 10.1 Å². The van der Waals surface area contributed by atoms with Crippen LogP contribution in [0.25, 0.3) is 0 Å². The number of anilines is 2. The van der Waals surface area contributed by atoms with Crippen molar-refractivity contribution in [1.82, 2.24) is 0 Å². The zero-order chi connectivity index (χ0) is 24.9. The second-order valence-corrected chi connectivity index (χ2v) is 9.82. The monoisotopic (exact) mass is 480 g/mol. The third kappa shape index (κ3) is 5.82. The molecular formula is C26H28N2O5S. The van der Waals surface area contributed by atoms with Crippen molar-refractivity contribution in [2.45, 2.75) is 32.6 Å². The van der Waals surface area contributed by atoms with E-state index in [9.17, 15) is 18.0 Å². The van der Waals surface area contributed by atoms with Gasteiger partial charge in [0.1, 0.15) is 6.54 Å². The Morgan fingerprint density at radius 3 is 2.26 bits per heavy atom. The number of carbonyl (C=O) groups excluding carboxylic acids is 2. The van der Waals surface area contributed by atoms with Crippen LogP contribution in [0.3, 0.4) is 0 Å². The van der Waals surface area contributed by atoms with Crippen molar-refractivity contribution >= 4 is 33.3 Å². The molecule has 3 rings (SSSR count). The predicted octanol–water partition coefficient (Wildman–Crippen LogP) is 4.62. The highest BCUT2D eigenvalue weighted by atomic mass is 32.2. The van der Waals surface area contributed by atoms with E-state index in [-0.39, 0.29) is 11.5 Å². The lowest BCUT2D eigenvalue weighted by molar-refractivity contribution is -0.114. The van der Waals surface area contributed by atoms with Crippen LogP contribution in [-0.4, -0.2) is 33.4 Å². The van der Waals surface area contributed by atoms with Gasteiger partial charge in [0.25, 0.3) is 10.0 Å². The third-order valence-corrected chi connectivity index (χ3v) is 7.00. The standard InChI is InChI=1S/C26H28N2O5S/c1-5-33-26(30)21-12-11-20(4)24(16-21)27-25(29)17-28(22-8-6-7-19(3)15-22)34(31,32)23-13-9-18(2)10-14-23/h6-16H,5,17H2,1-4H3,(H,27,29). The van der Waals surface area contributed by atoms with Crippen LogP contribution >= 0.6 is 0 Å². The maximum atomic E-state index is 13.5. The summed E-state index contributed by atoms with van der Waals surface area (Å²) in [5.41, 5.74) is 3.60. The van der Waals surface area contributed by atoms with E-state index in [2.05, 4.69) is 5.32 Å². The molecule has 34 heavy (non-hydrogen) atoms. The lowest BCUT2D eigenvalue weighted by Gasteiger charge is -2.24. The normalized spacial score (nSPS) is 11.1. The Hall–Kier alpha value is -3.65. The van der Waals surface area contributed by atoms with Gasteiger partial charge in [0, 0.05) is 5.69 Å².